The molecule has 0 saturated carbocycles. The maximum atomic E-state index is 13.6. The van der Waals surface area contributed by atoms with Crippen LogP contribution >= 0.6 is 11.6 Å². The molecule has 0 bridgehead atoms. The number of pyridine rings is 1. The highest BCUT2D eigenvalue weighted by atomic mass is 35.5. The van der Waals surface area contributed by atoms with E-state index in [0.717, 1.165) is 11.6 Å². The average Bonchev–Trinajstić information content (AvgIpc) is 2.49. The fourth-order valence-corrected chi connectivity index (χ4v) is 2.95. The molecule has 0 unspecified atom stereocenters. The molecule has 112 valence electrons. The SMILES string of the molecule is NCc1cc(S(=O)(=O)NCc2ccncc2)cc(F)c1Cl. The summed E-state index contributed by atoms with van der Waals surface area (Å²) in [6.07, 6.45) is 3.11. The molecule has 2 rings (SSSR count). The lowest BCUT2D eigenvalue weighted by Gasteiger charge is -2.10. The van der Waals surface area contributed by atoms with Gasteiger partial charge in [0.1, 0.15) is 5.82 Å². The molecule has 0 spiro atoms. The zero-order chi connectivity index (χ0) is 15.5. The van der Waals surface area contributed by atoms with Crippen molar-refractivity contribution in [2.75, 3.05) is 0 Å². The van der Waals surface area contributed by atoms with Gasteiger partial charge in [-0.3, -0.25) is 4.98 Å². The second-order valence-electron chi connectivity index (χ2n) is 4.26. The van der Waals surface area contributed by atoms with Crippen molar-refractivity contribution in [3.05, 3.63) is 58.6 Å². The van der Waals surface area contributed by atoms with E-state index in [1.807, 2.05) is 0 Å². The van der Waals surface area contributed by atoms with Gasteiger partial charge in [0.15, 0.2) is 0 Å². The molecule has 1 aromatic heterocycles. The highest BCUT2D eigenvalue weighted by Gasteiger charge is 2.18. The lowest BCUT2D eigenvalue weighted by Crippen LogP contribution is -2.23. The Hall–Kier alpha value is -1.54. The molecular weight excluding hydrogens is 317 g/mol. The summed E-state index contributed by atoms with van der Waals surface area (Å²) in [6.45, 7) is 0.0243. The van der Waals surface area contributed by atoms with Crippen LogP contribution in [0.4, 0.5) is 4.39 Å². The van der Waals surface area contributed by atoms with Crippen molar-refractivity contribution < 1.29 is 12.8 Å². The summed E-state index contributed by atoms with van der Waals surface area (Å²) in [7, 11) is -3.85. The van der Waals surface area contributed by atoms with Gasteiger partial charge in [-0.15, -0.1) is 0 Å². The van der Waals surface area contributed by atoms with Crippen LogP contribution in [0.5, 0.6) is 0 Å². The second kappa shape index (κ2) is 6.48. The van der Waals surface area contributed by atoms with Gasteiger partial charge < -0.3 is 5.73 Å². The van der Waals surface area contributed by atoms with Crippen molar-refractivity contribution in [2.45, 2.75) is 18.0 Å². The van der Waals surface area contributed by atoms with Gasteiger partial charge in [0.2, 0.25) is 10.0 Å². The molecule has 1 heterocycles. The topological polar surface area (TPSA) is 85.1 Å². The van der Waals surface area contributed by atoms with Crippen molar-refractivity contribution in [3.63, 3.8) is 0 Å². The minimum atomic E-state index is -3.85. The lowest BCUT2D eigenvalue weighted by atomic mass is 10.2. The molecule has 0 atom stereocenters. The number of sulfonamides is 1. The largest absolute Gasteiger partial charge is 0.326 e. The van der Waals surface area contributed by atoms with E-state index in [9.17, 15) is 12.8 Å². The van der Waals surface area contributed by atoms with Crippen LogP contribution in [0.25, 0.3) is 0 Å². The van der Waals surface area contributed by atoms with E-state index < -0.39 is 15.8 Å². The van der Waals surface area contributed by atoms with Crippen LogP contribution in [0.15, 0.2) is 41.6 Å². The summed E-state index contributed by atoms with van der Waals surface area (Å²) in [4.78, 5) is 3.63. The molecule has 0 radical (unpaired) electrons. The Morgan fingerprint density at radius 2 is 1.95 bits per heavy atom. The van der Waals surface area contributed by atoms with Gasteiger partial charge in [0, 0.05) is 25.5 Å². The van der Waals surface area contributed by atoms with Crippen LogP contribution in [0, 0.1) is 5.82 Å². The molecule has 2 aromatic rings. The predicted octanol–water partition coefficient (Wildman–Crippen LogP) is 1.81. The number of nitrogens with one attached hydrogen (secondary N) is 1. The van der Waals surface area contributed by atoms with Gasteiger partial charge in [-0.05, 0) is 35.4 Å². The van der Waals surface area contributed by atoms with E-state index >= 15 is 0 Å². The Morgan fingerprint density at radius 3 is 2.57 bits per heavy atom. The standard InChI is InChI=1S/C13H13ClFN3O2S/c14-13-10(7-16)5-11(6-12(13)15)21(19,20)18-8-9-1-3-17-4-2-9/h1-6,18H,7-8,16H2. The Bertz CT molecular complexity index is 739. The number of rotatable bonds is 5. The van der Waals surface area contributed by atoms with Gasteiger partial charge in [-0.25, -0.2) is 17.5 Å². The van der Waals surface area contributed by atoms with Crippen molar-refractivity contribution >= 4 is 21.6 Å². The van der Waals surface area contributed by atoms with Crippen molar-refractivity contribution in [1.82, 2.24) is 9.71 Å². The van der Waals surface area contributed by atoms with E-state index in [0.29, 0.717) is 0 Å². The van der Waals surface area contributed by atoms with Crippen LogP contribution in [0.3, 0.4) is 0 Å². The molecule has 0 fully saturated rings. The Labute approximate surface area is 127 Å². The number of nitrogens with two attached hydrogens (primary N) is 1. The second-order valence-corrected chi connectivity index (χ2v) is 6.41. The fourth-order valence-electron chi connectivity index (χ4n) is 1.68. The number of hydrogen-bond acceptors (Lipinski definition) is 4. The first kappa shape index (κ1) is 15.8. The van der Waals surface area contributed by atoms with Crippen LogP contribution in [0.1, 0.15) is 11.1 Å². The number of hydrogen-bond donors (Lipinski definition) is 2. The first-order valence-corrected chi connectivity index (χ1v) is 7.86. The monoisotopic (exact) mass is 329 g/mol. The van der Waals surface area contributed by atoms with Crippen LogP contribution in [0.2, 0.25) is 5.02 Å². The highest BCUT2D eigenvalue weighted by molar-refractivity contribution is 7.89. The Balaban J connectivity index is 2.25. The summed E-state index contributed by atoms with van der Waals surface area (Å²) in [5.74, 6) is -0.816. The lowest BCUT2D eigenvalue weighted by molar-refractivity contribution is 0.577. The third-order valence-corrected chi connectivity index (χ3v) is 4.63. The third-order valence-electron chi connectivity index (χ3n) is 2.82. The van der Waals surface area contributed by atoms with E-state index in [2.05, 4.69) is 9.71 Å². The molecule has 0 aliphatic heterocycles. The van der Waals surface area contributed by atoms with Gasteiger partial charge in [0.05, 0.1) is 9.92 Å². The molecule has 1 aromatic carbocycles. The van der Waals surface area contributed by atoms with Crippen LogP contribution in [-0.4, -0.2) is 13.4 Å². The predicted molar refractivity (Wildman–Crippen MR) is 77.6 cm³/mol. The van der Waals surface area contributed by atoms with Crippen molar-refractivity contribution in [3.8, 4) is 0 Å². The molecular formula is C13H13ClFN3O2S. The minimum absolute atomic E-state index is 0.0521. The highest BCUT2D eigenvalue weighted by Crippen LogP contribution is 2.24. The smallest absolute Gasteiger partial charge is 0.240 e. The number of halogens is 2. The Morgan fingerprint density at radius 1 is 1.29 bits per heavy atom. The van der Waals surface area contributed by atoms with E-state index in [4.69, 9.17) is 17.3 Å². The molecule has 0 amide bonds. The summed E-state index contributed by atoms with van der Waals surface area (Å²) in [5, 5.41) is -0.161. The molecule has 8 heteroatoms. The molecule has 21 heavy (non-hydrogen) atoms. The summed E-state index contributed by atoms with van der Waals surface area (Å²) in [5.41, 5.74) is 6.40. The zero-order valence-electron chi connectivity index (χ0n) is 10.9. The van der Waals surface area contributed by atoms with E-state index in [1.165, 1.54) is 6.07 Å². The summed E-state index contributed by atoms with van der Waals surface area (Å²) in [6, 6.07) is 5.49. The quantitative estimate of drug-likeness (QED) is 0.876. The number of aromatic nitrogens is 1. The number of nitrogens with zero attached hydrogens (tertiary/aromatic N) is 1. The summed E-state index contributed by atoms with van der Waals surface area (Å²) >= 11 is 5.71. The molecule has 3 N–H and O–H groups in total. The molecule has 0 saturated heterocycles. The molecule has 0 aliphatic rings. The van der Waals surface area contributed by atoms with Gasteiger partial charge in [-0.1, -0.05) is 11.6 Å². The van der Waals surface area contributed by atoms with Gasteiger partial charge >= 0.3 is 0 Å². The minimum Gasteiger partial charge on any atom is -0.326 e. The summed E-state index contributed by atoms with van der Waals surface area (Å²) < 4.78 is 40.3. The fraction of sp³-hybridized carbons (Fsp3) is 0.154. The van der Waals surface area contributed by atoms with E-state index in [1.54, 1.807) is 24.5 Å². The third kappa shape index (κ3) is 3.76. The normalized spacial score (nSPS) is 11.6. The zero-order valence-corrected chi connectivity index (χ0v) is 12.5. The molecule has 0 aliphatic carbocycles. The first-order chi connectivity index (χ1) is 9.94. The van der Waals surface area contributed by atoms with E-state index in [-0.39, 0.29) is 28.6 Å². The van der Waals surface area contributed by atoms with Crippen molar-refractivity contribution in [1.29, 1.82) is 0 Å². The number of benzene rings is 1. The maximum Gasteiger partial charge on any atom is 0.240 e. The first-order valence-electron chi connectivity index (χ1n) is 6.00. The average molecular weight is 330 g/mol. The van der Waals surface area contributed by atoms with Crippen LogP contribution in [-0.2, 0) is 23.1 Å². The maximum absolute atomic E-state index is 13.6. The van der Waals surface area contributed by atoms with Crippen molar-refractivity contribution in [2.24, 2.45) is 5.73 Å². The van der Waals surface area contributed by atoms with Crippen LogP contribution < -0.4 is 10.5 Å². The Kier molecular flexibility index (Phi) is 4.89. The van der Waals surface area contributed by atoms with Gasteiger partial charge in [-0.2, -0.15) is 0 Å². The van der Waals surface area contributed by atoms with Gasteiger partial charge in [0.25, 0.3) is 0 Å². The molecule has 5 nitrogen and oxygen atoms in total.